The number of para-hydroxylation sites is 1. The minimum Gasteiger partial charge on any atom is -0.376 e. The molecular weight excluding hydrogens is 276 g/mol. The molecule has 1 saturated carbocycles. The van der Waals surface area contributed by atoms with Gasteiger partial charge in [0.1, 0.15) is 0 Å². The fourth-order valence-electron chi connectivity index (χ4n) is 2.81. The zero-order chi connectivity index (χ0) is 14.5. The van der Waals surface area contributed by atoms with E-state index in [2.05, 4.69) is 47.6 Å². The van der Waals surface area contributed by atoms with Crippen molar-refractivity contribution >= 4 is 17.4 Å². The fraction of sp³-hybridized carbons (Fsp3) is 0.389. The number of hydrogen-bond donors (Lipinski definition) is 1. The van der Waals surface area contributed by atoms with Gasteiger partial charge in [0.2, 0.25) is 0 Å². The number of pyridine rings is 1. The zero-order valence-electron chi connectivity index (χ0n) is 12.5. The summed E-state index contributed by atoms with van der Waals surface area (Å²) < 4.78 is 0. The minimum absolute atomic E-state index is 0.219. The Kier molecular flexibility index (Phi) is 4.81. The van der Waals surface area contributed by atoms with Gasteiger partial charge in [-0.05, 0) is 44.0 Å². The van der Waals surface area contributed by atoms with Gasteiger partial charge in [0, 0.05) is 22.0 Å². The van der Waals surface area contributed by atoms with Crippen LogP contribution in [0.1, 0.15) is 44.3 Å². The highest BCUT2D eigenvalue weighted by Gasteiger charge is 2.18. The van der Waals surface area contributed by atoms with Crippen molar-refractivity contribution in [2.45, 2.75) is 48.8 Å². The van der Waals surface area contributed by atoms with Crippen molar-refractivity contribution in [2.24, 2.45) is 0 Å². The highest BCUT2D eigenvalue weighted by Crippen LogP contribution is 2.38. The van der Waals surface area contributed by atoms with Crippen molar-refractivity contribution in [3.05, 3.63) is 54.4 Å². The predicted molar refractivity (Wildman–Crippen MR) is 90.8 cm³/mol. The van der Waals surface area contributed by atoms with E-state index in [-0.39, 0.29) is 6.04 Å². The van der Waals surface area contributed by atoms with E-state index in [0.29, 0.717) is 0 Å². The molecule has 110 valence electrons. The van der Waals surface area contributed by atoms with Crippen LogP contribution in [0.2, 0.25) is 0 Å². The van der Waals surface area contributed by atoms with Crippen LogP contribution in [0.15, 0.2) is 53.6 Å². The largest absolute Gasteiger partial charge is 0.376 e. The Bertz CT molecular complexity index is 564. The number of hydrogen-bond acceptors (Lipinski definition) is 3. The molecule has 0 bridgehead atoms. The molecule has 1 aromatic carbocycles. The molecule has 1 heterocycles. The van der Waals surface area contributed by atoms with Gasteiger partial charge in [-0.15, -0.1) is 11.8 Å². The van der Waals surface area contributed by atoms with E-state index in [1.54, 1.807) is 0 Å². The lowest BCUT2D eigenvalue weighted by atomic mass is 10.2. The van der Waals surface area contributed by atoms with Gasteiger partial charge in [0.15, 0.2) is 0 Å². The van der Waals surface area contributed by atoms with Crippen LogP contribution in [0.4, 0.5) is 5.69 Å². The van der Waals surface area contributed by atoms with Gasteiger partial charge in [-0.1, -0.05) is 31.0 Å². The standard InChI is InChI=1S/C18H22N2S/c1-14(16-10-6-7-13-19-16)20-17-11-4-5-12-18(17)21-15-8-2-3-9-15/h4-7,10-15,20H,2-3,8-9H2,1H3. The molecule has 2 aromatic rings. The van der Waals surface area contributed by atoms with Crippen LogP contribution in [0.25, 0.3) is 0 Å². The molecule has 0 radical (unpaired) electrons. The molecule has 3 heteroatoms. The van der Waals surface area contributed by atoms with E-state index < -0.39 is 0 Å². The topological polar surface area (TPSA) is 24.9 Å². The number of benzene rings is 1. The van der Waals surface area contributed by atoms with Crippen LogP contribution in [-0.4, -0.2) is 10.2 Å². The SMILES string of the molecule is CC(Nc1ccccc1SC1CCCC1)c1ccccn1. The Morgan fingerprint density at radius 3 is 2.62 bits per heavy atom. The van der Waals surface area contributed by atoms with Crippen LogP contribution >= 0.6 is 11.8 Å². The normalized spacial score (nSPS) is 16.8. The quantitative estimate of drug-likeness (QED) is 0.812. The Hall–Kier alpha value is -1.48. The molecule has 3 rings (SSSR count). The minimum atomic E-state index is 0.219. The molecule has 1 atom stereocenters. The molecule has 1 aromatic heterocycles. The number of rotatable bonds is 5. The monoisotopic (exact) mass is 298 g/mol. The summed E-state index contributed by atoms with van der Waals surface area (Å²) in [6.07, 6.45) is 7.34. The van der Waals surface area contributed by atoms with Gasteiger partial charge in [-0.2, -0.15) is 0 Å². The fourth-order valence-corrected chi connectivity index (χ4v) is 4.15. The number of nitrogens with zero attached hydrogens (tertiary/aromatic N) is 1. The first-order valence-corrected chi connectivity index (χ1v) is 8.64. The van der Waals surface area contributed by atoms with E-state index in [9.17, 15) is 0 Å². The molecule has 1 unspecified atom stereocenters. The first-order valence-electron chi connectivity index (χ1n) is 7.76. The smallest absolute Gasteiger partial charge is 0.0657 e. The maximum atomic E-state index is 4.44. The van der Waals surface area contributed by atoms with E-state index in [0.717, 1.165) is 10.9 Å². The molecule has 0 spiro atoms. The lowest BCUT2D eigenvalue weighted by molar-refractivity contribution is 0.835. The zero-order valence-corrected chi connectivity index (χ0v) is 13.3. The summed E-state index contributed by atoms with van der Waals surface area (Å²) in [6, 6.07) is 14.9. The average molecular weight is 298 g/mol. The Morgan fingerprint density at radius 1 is 1.10 bits per heavy atom. The summed E-state index contributed by atoms with van der Waals surface area (Å²) in [5.74, 6) is 0. The van der Waals surface area contributed by atoms with Gasteiger partial charge < -0.3 is 5.32 Å². The number of aromatic nitrogens is 1. The van der Waals surface area contributed by atoms with Gasteiger partial charge in [0.05, 0.1) is 11.7 Å². The molecule has 1 aliphatic carbocycles. The first kappa shape index (κ1) is 14.5. The number of anilines is 1. The summed E-state index contributed by atoms with van der Waals surface area (Å²) in [5.41, 5.74) is 2.31. The van der Waals surface area contributed by atoms with Crippen molar-refractivity contribution in [1.29, 1.82) is 0 Å². The second-order valence-corrected chi connectivity index (χ2v) is 6.98. The van der Waals surface area contributed by atoms with E-state index in [4.69, 9.17) is 0 Å². The predicted octanol–water partition coefficient (Wildman–Crippen LogP) is 5.29. The highest BCUT2D eigenvalue weighted by atomic mass is 32.2. The summed E-state index contributed by atoms with van der Waals surface area (Å²) in [5, 5.41) is 4.41. The Labute approximate surface area is 131 Å². The number of nitrogens with one attached hydrogen (secondary N) is 1. The van der Waals surface area contributed by atoms with Crippen LogP contribution in [-0.2, 0) is 0 Å². The van der Waals surface area contributed by atoms with Crippen LogP contribution in [0.3, 0.4) is 0 Å². The second kappa shape index (κ2) is 6.99. The van der Waals surface area contributed by atoms with Crippen molar-refractivity contribution in [3.8, 4) is 0 Å². The third-order valence-corrected chi connectivity index (χ3v) is 5.40. The second-order valence-electron chi connectivity index (χ2n) is 5.64. The molecule has 0 saturated heterocycles. The lowest BCUT2D eigenvalue weighted by Gasteiger charge is -2.19. The number of thioether (sulfide) groups is 1. The van der Waals surface area contributed by atoms with E-state index in [1.807, 2.05) is 30.1 Å². The summed E-state index contributed by atoms with van der Waals surface area (Å²) in [7, 11) is 0. The molecule has 1 N–H and O–H groups in total. The highest BCUT2D eigenvalue weighted by molar-refractivity contribution is 8.00. The van der Waals surface area contributed by atoms with Gasteiger partial charge in [-0.3, -0.25) is 4.98 Å². The average Bonchev–Trinajstić information content (AvgIpc) is 3.03. The van der Waals surface area contributed by atoms with Crippen LogP contribution in [0, 0.1) is 0 Å². The van der Waals surface area contributed by atoms with Gasteiger partial charge in [0.25, 0.3) is 0 Å². The van der Waals surface area contributed by atoms with Gasteiger partial charge in [-0.25, -0.2) is 0 Å². The third kappa shape index (κ3) is 3.79. The van der Waals surface area contributed by atoms with E-state index in [1.165, 1.54) is 36.3 Å². The Balaban J connectivity index is 1.72. The molecule has 1 aliphatic rings. The van der Waals surface area contributed by atoms with Crippen molar-refractivity contribution < 1.29 is 0 Å². The molecule has 0 aliphatic heterocycles. The van der Waals surface area contributed by atoms with Crippen molar-refractivity contribution in [3.63, 3.8) is 0 Å². The molecular formula is C18H22N2S. The molecule has 2 nitrogen and oxygen atoms in total. The third-order valence-electron chi connectivity index (χ3n) is 3.99. The van der Waals surface area contributed by atoms with Gasteiger partial charge >= 0.3 is 0 Å². The summed E-state index contributed by atoms with van der Waals surface area (Å²) >= 11 is 2.03. The Morgan fingerprint density at radius 2 is 1.86 bits per heavy atom. The maximum absolute atomic E-state index is 4.44. The first-order chi connectivity index (χ1) is 10.3. The summed E-state index contributed by atoms with van der Waals surface area (Å²) in [4.78, 5) is 5.81. The molecule has 21 heavy (non-hydrogen) atoms. The summed E-state index contributed by atoms with van der Waals surface area (Å²) in [6.45, 7) is 2.17. The van der Waals surface area contributed by atoms with Crippen LogP contribution in [0.5, 0.6) is 0 Å². The maximum Gasteiger partial charge on any atom is 0.0657 e. The van der Waals surface area contributed by atoms with Crippen molar-refractivity contribution in [2.75, 3.05) is 5.32 Å². The molecule has 1 fully saturated rings. The lowest BCUT2D eigenvalue weighted by Crippen LogP contribution is -2.09. The molecule has 0 amide bonds. The van der Waals surface area contributed by atoms with E-state index >= 15 is 0 Å². The van der Waals surface area contributed by atoms with Crippen LogP contribution < -0.4 is 5.32 Å². The van der Waals surface area contributed by atoms with Crippen molar-refractivity contribution in [1.82, 2.24) is 4.98 Å².